The third-order valence-electron chi connectivity index (χ3n) is 0.226. The molecular weight excluding hydrogens is 84.0 g/mol. The van der Waals surface area contributed by atoms with E-state index in [0.717, 1.165) is 0 Å². The molecule has 0 rings (SSSR count). The zero-order valence-electron chi connectivity index (χ0n) is 3.18. The first-order valence-electron chi connectivity index (χ1n) is 1.36. The minimum atomic E-state index is -0.995. The van der Waals surface area contributed by atoms with Gasteiger partial charge in [0.1, 0.15) is 0 Å². The molecule has 0 heterocycles. The summed E-state index contributed by atoms with van der Waals surface area (Å²) in [6.07, 6.45) is 0. The van der Waals surface area contributed by atoms with Gasteiger partial charge in [-0.1, -0.05) is 0 Å². The van der Waals surface area contributed by atoms with Crippen molar-refractivity contribution >= 4 is 5.97 Å². The summed E-state index contributed by atoms with van der Waals surface area (Å²) in [5, 5.41) is 7.75. The monoisotopic (exact) mass is 89.0 g/mol. The standard InChI is InChI=1S/C3H4O3/c1-6-2-3(4)5/h1-2H2/p+1. The number of carboxylic acids is 1. The van der Waals surface area contributed by atoms with Crippen LogP contribution in [-0.2, 0) is 9.53 Å². The number of rotatable bonds is 2. The Labute approximate surface area is 35.5 Å². The maximum absolute atomic E-state index is 9.43. The van der Waals surface area contributed by atoms with Gasteiger partial charge in [0.15, 0.2) is 6.61 Å². The van der Waals surface area contributed by atoms with Crippen LogP contribution in [0.4, 0.5) is 0 Å². The lowest BCUT2D eigenvalue weighted by Crippen LogP contribution is -2.01. The van der Waals surface area contributed by atoms with Crippen LogP contribution in [0, 0.1) is 7.11 Å². The van der Waals surface area contributed by atoms with E-state index in [1.54, 1.807) is 0 Å². The van der Waals surface area contributed by atoms with Gasteiger partial charge in [0.05, 0.1) is 0 Å². The molecule has 0 fully saturated rings. The van der Waals surface area contributed by atoms with Crippen LogP contribution in [-0.4, -0.2) is 17.7 Å². The topological polar surface area (TPSA) is 46.5 Å². The largest absolute Gasteiger partial charge is 0.479 e. The molecule has 3 heteroatoms. The number of hydrogen-bond donors (Lipinski definition) is 1. The minimum Gasteiger partial charge on any atom is -0.479 e. The molecule has 0 saturated heterocycles. The third kappa shape index (κ3) is 3.30. The van der Waals surface area contributed by atoms with E-state index in [2.05, 4.69) is 11.8 Å². The average Bonchev–Trinajstić information content (AvgIpc) is 1.35. The van der Waals surface area contributed by atoms with Crippen molar-refractivity contribution in [1.29, 1.82) is 0 Å². The van der Waals surface area contributed by atoms with E-state index in [1.807, 2.05) is 0 Å². The highest BCUT2D eigenvalue weighted by Gasteiger charge is 1.92. The molecule has 0 radical (unpaired) electrons. The Balaban J connectivity index is 2.83. The van der Waals surface area contributed by atoms with Crippen molar-refractivity contribution in [1.82, 2.24) is 0 Å². The van der Waals surface area contributed by atoms with Crippen LogP contribution in [0.1, 0.15) is 0 Å². The van der Waals surface area contributed by atoms with Gasteiger partial charge in [0.25, 0.3) is 0 Å². The number of ether oxygens (including phenoxy) is 1. The first kappa shape index (κ1) is 5.30. The minimum absolute atomic E-state index is 0.319. The summed E-state index contributed by atoms with van der Waals surface area (Å²) in [7, 11) is 2.84. The molecule has 0 aromatic rings. The number of carboxylic acid groups (broad SMARTS) is 1. The average molecular weight is 89.1 g/mol. The van der Waals surface area contributed by atoms with Gasteiger partial charge >= 0.3 is 5.97 Å². The van der Waals surface area contributed by atoms with E-state index in [4.69, 9.17) is 5.11 Å². The predicted octanol–water partition coefficient (Wildman–Crippen LogP) is -0.121. The van der Waals surface area contributed by atoms with E-state index >= 15 is 0 Å². The summed E-state index contributed by atoms with van der Waals surface area (Å²) in [5.74, 6) is -0.995. The van der Waals surface area contributed by atoms with Crippen molar-refractivity contribution in [2.75, 3.05) is 6.61 Å². The van der Waals surface area contributed by atoms with Gasteiger partial charge in [-0.3, -0.25) is 0 Å². The summed E-state index contributed by atoms with van der Waals surface area (Å²) in [4.78, 5) is 9.43. The van der Waals surface area contributed by atoms with E-state index < -0.39 is 5.97 Å². The van der Waals surface area contributed by atoms with Crippen LogP contribution in [0.2, 0.25) is 0 Å². The lowest BCUT2D eigenvalue weighted by molar-refractivity contribution is -0.140. The van der Waals surface area contributed by atoms with Crippen LogP contribution in [0.5, 0.6) is 0 Å². The highest BCUT2D eigenvalue weighted by molar-refractivity contribution is 5.67. The fourth-order valence-electron chi connectivity index (χ4n) is 0.0873. The Kier molecular flexibility index (Phi) is 2.24. The Morgan fingerprint density at radius 3 is 2.50 bits per heavy atom. The smallest absolute Gasteiger partial charge is 0.334 e. The van der Waals surface area contributed by atoms with Gasteiger partial charge in [-0.05, 0) is 0 Å². The zero-order chi connectivity index (χ0) is 4.99. The lowest BCUT2D eigenvalue weighted by atomic mass is 10.8. The van der Waals surface area contributed by atoms with Crippen molar-refractivity contribution < 1.29 is 14.6 Å². The van der Waals surface area contributed by atoms with Crippen LogP contribution >= 0.6 is 0 Å². The molecule has 3 nitrogen and oxygen atoms in total. The van der Waals surface area contributed by atoms with Crippen LogP contribution in [0.15, 0.2) is 0 Å². The molecule has 34 valence electrons. The SMILES string of the molecule is [CH2+]OCC(=O)O. The van der Waals surface area contributed by atoms with E-state index in [0.29, 0.717) is 0 Å². The highest BCUT2D eigenvalue weighted by atomic mass is 16.5. The molecule has 1 N–H and O–H groups in total. The Bertz CT molecular complexity index is 50.0. The molecular formula is C3H5O3+. The van der Waals surface area contributed by atoms with Crippen molar-refractivity contribution in [3.8, 4) is 0 Å². The molecule has 0 spiro atoms. The van der Waals surface area contributed by atoms with Crippen molar-refractivity contribution in [3.05, 3.63) is 7.11 Å². The molecule has 0 bridgehead atoms. The molecule has 0 aliphatic rings. The fourth-order valence-corrected chi connectivity index (χ4v) is 0.0873. The predicted molar refractivity (Wildman–Crippen MR) is 18.9 cm³/mol. The quantitative estimate of drug-likeness (QED) is 0.480. The number of aliphatic carboxylic acids is 1. The van der Waals surface area contributed by atoms with E-state index in [9.17, 15) is 4.79 Å². The first-order valence-corrected chi connectivity index (χ1v) is 1.36. The molecule has 6 heavy (non-hydrogen) atoms. The molecule has 0 aliphatic heterocycles. The molecule has 0 unspecified atom stereocenters. The molecule has 0 aromatic carbocycles. The fraction of sp³-hybridized carbons (Fsp3) is 0.333. The second kappa shape index (κ2) is 2.53. The van der Waals surface area contributed by atoms with Gasteiger partial charge in [0, 0.05) is 0 Å². The number of carbonyl (C=O) groups is 1. The summed E-state index contributed by atoms with van der Waals surface area (Å²) < 4.78 is 3.95. The van der Waals surface area contributed by atoms with E-state index in [1.165, 1.54) is 0 Å². The van der Waals surface area contributed by atoms with Crippen LogP contribution < -0.4 is 0 Å². The Morgan fingerprint density at radius 1 is 2.00 bits per heavy atom. The molecule has 0 saturated carbocycles. The van der Waals surface area contributed by atoms with Crippen molar-refractivity contribution in [2.24, 2.45) is 0 Å². The van der Waals surface area contributed by atoms with Gasteiger partial charge in [-0.2, -0.15) is 4.74 Å². The van der Waals surface area contributed by atoms with Gasteiger partial charge in [-0.25, -0.2) is 4.79 Å². The Hall–Kier alpha value is -0.700. The first-order chi connectivity index (χ1) is 2.77. The molecule has 0 amide bonds. The molecule has 0 aliphatic carbocycles. The zero-order valence-corrected chi connectivity index (χ0v) is 3.18. The highest BCUT2D eigenvalue weighted by Crippen LogP contribution is 1.64. The van der Waals surface area contributed by atoms with Crippen LogP contribution in [0.3, 0.4) is 0 Å². The molecule has 0 aromatic heterocycles. The normalized spacial score (nSPS) is 8.00. The maximum Gasteiger partial charge on any atom is 0.334 e. The third-order valence-corrected chi connectivity index (χ3v) is 0.226. The summed E-state index contributed by atoms with van der Waals surface area (Å²) in [5.41, 5.74) is 0. The van der Waals surface area contributed by atoms with Gasteiger partial charge in [-0.15, -0.1) is 0 Å². The van der Waals surface area contributed by atoms with Gasteiger partial charge < -0.3 is 5.11 Å². The summed E-state index contributed by atoms with van der Waals surface area (Å²) in [6.45, 7) is -0.319. The Morgan fingerprint density at radius 2 is 2.50 bits per heavy atom. The second-order valence-corrected chi connectivity index (χ2v) is 0.742. The lowest BCUT2D eigenvalue weighted by Gasteiger charge is -1.76. The maximum atomic E-state index is 9.43. The van der Waals surface area contributed by atoms with Crippen LogP contribution in [0.25, 0.3) is 0 Å². The van der Waals surface area contributed by atoms with E-state index in [-0.39, 0.29) is 6.61 Å². The van der Waals surface area contributed by atoms with Crippen molar-refractivity contribution in [2.45, 2.75) is 0 Å². The van der Waals surface area contributed by atoms with Crippen molar-refractivity contribution in [3.63, 3.8) is 0 Å². The molecule has 0 atom stereocenters. The summed E-state index contributed by atoms with van der Waals surface area (Å²) >= 11 is 0. The summed E-state index contributed by atoms with van der Waals surface area (Å²) in [6, 6.07) is 0. The number of hydrogen-bond acceptors (Lipinski definition) is 2. The second-order valence-electron chi connectivity index (χ2n) is 0.742. The van der Waals surface area contributed by atoms with Gasteiger partial charge in [0.2, 0.25) is 7.11 Å².